The van der Waals surface area contributed by atoms with Crippen molar-refractivity contribution in [3.05, 3.63) is 48.3 Å². The zero-order valence-corrected chi connectivity index (χ0v) is 13.9. The molecule has 1 aromatic carbocycles. The van der Waals surface area contributed by atoms with Gasteiger partial charge in [0.25, 0.3) is 0 Å². The number of anilines is 1. The topological polar surface area (TPSA) is 90.4 Å². The fourth-order valence-corrected chi connectivity index (χ4v) is 2.59. The lowest BCUT2D eigenvalue weighted by Gasteiger charge is -2.11. The van der Waals surface area contributed by atoms with Crippen molar-refractivity contribution in [2.75, 3.05) is 11.8 Å². The maximum absolute atomic E-state index is 10.7. The summed E-state index contributed by atoms with van der Waals surface area (Å²) in [5.41, 5.74) is 1.83. The van der Waals surface area contributed by atoms with Crippen LogP contribution in [0.3, 0.4) is 0 Å². The number of aryl methyl sites for hydroxylation is 1. The smallest absolute Gasteiger partial charge is 0.222 e. The average molecular weight is 345 g/mol. The van der Waals surface area contributed by atoms with Gasteiger partial charge in [-0.2, -0.15) is 0 Å². The molecule has 0 aliphatic carbocycles. The van der Waals surface area contributed by atoms with Crippen LogP contribution in [0.5, 0.6) is 17.4 Å². The van der Waals surface area contributed by atoms with Gasteiger partial charge in [-0.15, -0.1) is 0 Å². The number of aromatic nitrogens is 2. The number of ether oxygens (including phenoxy) is 2. The van der Waals surface area contributed by atoms with Crippen LogP contribution in [0.25, 0.3) is 10.9 Å². The molecule has 0 saturated heterocycles. The van der Waals surface area contributed by atoms with Crippen molar-refractivity contribution in [2.24, 2.45) is 0 Å². The zero-order chi connectivity index (χ0) is 17.1. The summed E-state index contributed by atoms with van der Waals surface area (Å²) in [5, 5.41) is 0.823. The van der Waals surface area contributed by atoms with E-state index in [0.717, 1.165) is 10.9 Å². The van der Waals surface area contributed by atoms with Crippen LogP contribution in [0.4, 0.5) is 5.69 Å². The molecule has 0 bridgehead atoms. The lowest BCUT2D eigenvalue weighted by molar-refractivity contribution is 0.415. The molecule has 124 valence electrons. The number of pyridine rings is 2. The van der Waals surface area contributed by atoms with E-state index in [0.29, 0.717) is 28.6 Å². The van der Waals surface area contributed by atoms with Gasteiger partial charge in [-0.3, -0.25) is 9.71 Å². The van der Waals surface area contributed by atoms with Crippen molar-refractivity contribution < 1.29 is 17.9 Å². The first kappa shape index (κ1) is 16.0. The highest BCUT2D eigenvalue weighted by molar-refractivity contribution is 7.73. The van der Waals surface area contributed by atoms with Crippen LogP contribution in [-0.4, -0.2) is 25.5 Å². The first-order chi connectivity index (χ1) is 11.6. The molecule has 24 heavy (non-hydrogen) atoms. The normalized spacial score (nSPS) is 10.8. The summed E-state index contributed by atoms with van der Waals surface area (Å²) in [6, 6.07) is 8.91. The summed E-state index contributed by atoms with van der Waals surface area (Å²) in [5.74, 6) is 1.71. The Balaban J connectivity index is 1.95. The fourth-order valence-electron chi connectivity index (χ4n) is 2.26. The van der Waals surface area contributed by atoms with Crippen molar-refractivity contribution in [1.82, 2.24) is 9.97 Å². The minimum Gasteiger partial charge on any atom is -0.497 e. The molecule has 2 heterocycles. The van der Waals surface area contributed by atoms with Gasteiger partial charge in [0.1, 0.15) is 11.5 Å². The molecule has 0 unspecified atom stereocenters. The molecular formula is C16H15N3O4S. The van der Waals surface area contributed by atoms with Crippen LogP contribution in [0.2, 0.25) is 0 Å². The molecule has 1 N–H and O–H groups in total. The summed E-state index contributed by atoms with van der Waals surface area (Å²) < 4.78 is 34.8. The second-order valence-electron chi connectivity index (χ2n) is 5.01. The van der Waals surface area contributed by atoms with Crippen molar-refractivity contribution in [1.29, 1.82) is 0 Å². The van der Waals surface area contributed by atoms with Gasteiger partial charge in [-0.25, -0.2) is 13.4 Å². The van der Waals surface area contributed by atoms with Crippen molar-refractivity contribution in [3.8, 4) is 17.4 Å². The van der Waals surface area contributed by atoms with Gasteiger partial charge in [0.05, 0.1) is 24.5 Å². The molecule has 8 heteroatoms. The summed E-state index contributed by atoms with van der Waals surface area (Å²) in [6.45, 7) is 1.79. The summed E-state index contributed by atoms with van der Waals surface area (Å²) in [7, 11) is -1.13. The van der Waals surface area contributed by atoms with Crippen LogP contribution in [-0.2, 0) is 10.9 Å². The number of hydrogen-bond donors (Lipinski definition) is 2. The van der Waals surface area contributed by atoms with E-state index in [9.17, 15) is 8.42 Å². The Morgan fingerprint density at radius 1 is 1.12 bits per heavy atom. The molecule has 3 rings (SSSR count). The number of methoxy groups -OCH3 is 1. The van der Waals surface area contributed by atoms with Crippen LogP contribution < -0.4 is 14.2 Å². The zero-order valence-electron chi connectivity index (χ0n) is 13.0. The summed E-state index contributed by atoms with van der Waals surface area (Å²) in [6.07, 6.45) is 3.05. The molecule has 0 amide bonds. The third kappa shape index (κ3) is 3.38. The molecule has 0 aliphatic heterocycles. The Labute approximate surface area is 140 Å². The van der Waals surface area contributed by atoms with Crippen LogP contribution >= 0.6 is 0 Å². The predicted octanol–water partition coefficient (Wildman–Crippen LogP) is 2.68. The van der Waals surface area contributed by atoms with E-state index in [4.69, 9.17) is 9.47 Å². The van der Waals surface area contributed by atoms with Gasteiger partial charge in [0, 0.05) is 23.2 Å². The second kappa shape index (κ2) is 6.71. The van der Waals surface area contributed by atoms with E-state index < -0.39 is 10.9 Å². The van der Waals surface area contributed by atoms with Crippen LogP contribution in [0, 0.1) is 6.92 Å². The van der Waals surface area contributed by atoms with E-state index in [1.165, 1.54) is 6.20 Å². The number of hydrogen-bond acceptors (Lipinski definition) is 6. The van der Waals surface area contributed by atoms with Crippen molar-refractivity contribution in [3.63, 3.8) is 0 Å². The fraction of sp³-hybridized carbons (Fsp3) is 0.125. The molecule has 0 spiro atoms. The van der Waals surface area contributed by atoms with Crippen LogP contribution in [0.1, 0.15) is 5.56 Å². The number of rotatable bonds is 5. The van der Waals surface area contributed by atoms with E-state index >= 15 is 0 Å². The Morgan fingerprint density at radius 3 is 2.67 bits per heavy atom. The molecule has 7 nitrogen and oxygen atoms in total. The first-order valence-electron chi connectivity index (χ1n) is 7.05. The predicted molar refractivity (Wildman–Crippen MR) is 91.3 cm³/mol. The van der Waals surface area contributed by atoms with Gasteiger partial charge >= 0.3 is 0 Å². The second-order valence-corrected chi connectivity index (χ2v) is 5.75. The number of thiol groups is 1. The van der Waals surface area contributed by atoms with Gasteiger partial charge in [-0.05, 0) is 31.2 Å². The van der Waals surface area contributed by atoms with E-state index in [-0.39, 0.29) is 0 Å². The first-order valence-corrected chi connectivity index (χ1v) is 8.23. The van der Waals surface area contributed by atoms with Gasteiger partial charge < -0.3 is 9.47 Å². The Hall–Kier alpha value is -2.87. The molecule has 3 aromatic rings. The number of nitrogens with zero attached hydrogens (tertiary/aromatic N) is 2. The van der Waals surface area contributed by atoms with E-state index in [1.807, 2.05) is 18.2 Å². The number of benzene rings is 1. The summed E-state index contributed by atoms with van der Waals surface area (Å²) in [4.78, 5) is 8.47. The third-order valence-corrected chi connectivity index (χ3v) is 3.81. The highest BCUT2D eigenvalue weighted by Crippen LogP contribution is 2.31. The molecule has 0 fully saturated rings. The minimum atomic E-state index is -2.73. The molecule has 0 radical (unpaired) electrons. The van der Waals surface area contributed by atoms with Gasteiger partial charge in [0.15, 0.2) is 0 Å². The van der Waals surface area contributed by atoms with Gasteiger partial charge in [-0.1, -0.05) is 0 Å². The Bertz CT molecular complexity index is 965. The highest BCUT2D eigenvalue weighted by atomic mass is 32.2. The van der Waals surface area contributed by atoms with E-state index in [2.05, 4.69) is 14.7 Å². The number of fused-ring (bicyclic) bond motifs is 1. The summed E-state index contributed by atoms with van der Waals surface area (Å²) >= 11 is 0. The maximum atomic E-state index is 10.7. The molecule has 0 atom stereocenters. The Morgan fingerprint density at radius 2 is 1.96 bits per heavy atom. The van der Waals surface area contributed by atoms with E-state index in [1.54, 1.807) is 32.4 Å². The highest BCUT2D eigenvalue weighted by Gasteiger charge is 2.09. The lowest BCUT2D eigenvalue weighted by Crippen LogP contribution is -1.98. The molecule has 2 aromatic heterocycles. The molecule has 0 aliphatic rings. The SMILES string of the molecule is COc1ccc2c(Oc3ncc(N[SH](=O)=O)cc3C)ccnc2c1. The molecule has 0 saturated carbocycles. The monoisotopic (exact) mass is 345 g/mol. The average Bonchev–Trinajstić information content (AvgIpc) is 2.56. The minimum absolute atomic E-state index is 0.389. The standard InChI is InChI=1S/C16H15N3O4S/c1-10-7-11(19-24(20)21)9-18-16(10)23-15-5-6-17-14-8-12(22-2)3-4-13(14)15/h3-9,24H,1-2H3,(H,19,20,21). The molecular weight excluding hydrogens is 330 g/mol. The quantitative estimate of drug-likeness (QED) is 0.691. The van der Waals surface area contributed by atoms with Crippen molar-refractivity contribution in [2.45, 2.75) is 6.92 Å². The Kier molecular flexibility index (Phi) is 4.48. The number of nitrogens with one attached hydrogen (secondary N) is 1. The van der Waals surface area contributed by atoms with Gasteiger partial charge in [0.2, 0.25) is 16.8 Å². The maximum Gasteiger partial charge on any atom is 0.222 e. The van der Waals surface area contributed by atoms with Crippen LogP contribution in [0.15, 0.2) is 42.7 Å². The van der Waals surface area contributed by atoms with Crippen molar-refractivity contribution >= 4 is 27.5 Å². The lowest BCUT2D eigenvalue weighted by atomic mass is 10.2. The largest absolute Gasteiger partial charge is 0.497 e. The third-order valence-electron chi connectivity index (χ3n) is 3.37.